The minimum Gasteiger partial charge on any atom is -0.453 e. The minimum absolute atomic E-state index is 0.0498. The van der Waals surface area contributed by atoms with Gasteiger partial charge in [0.15, 0.2) is 11.5 Å². The largest absolute Gasteiger partial charge is 0.453 e. The van der Waals surface area contributed by atoms with Gasteiger partial charge in [0.1, 0.15) is 5.58 Å². The zero-order valence-electron chi connectivity index (χ0n) is 12.5. The summed E-state index contributed by atoms with van der Waals surface area (Å²) in [7, 11) is 0. The summed E-state index contributed by atoms with van der Waals surface area (Å²) < 4.78 is 5.45. The topological polar surface area (TPSA) is 62.6 Å². The smallest absolute Gasteiger partial charge is 0.251 e. The number of nitrogens with zero attached hydrogens (tertiary/aromatic N) is 1. The lowest BCUT2D eigenvalue weighted by atomic mass is 9.99. The number of carbonyl (C=O) groups is 2. The van der Waals surface area contributed by atoms with E-state index >= 15 is 0 Å². The number of rotatable bonds is 3. The quantitative estimate of drug-likeness (QED) is 0.881. The Morgan fingerprint density at radius 3 is 2.82 bits per heavy atom. The summed E-state index contributed by atoms with van der Waals surface area (Å²) in [5.74, 6) is 0.754. The molecular weight excluding hydrogens is 280 g/mol. The van der Waals surface area contributed by atoms with Gasteiger partial charge in [0.25, 0.3) is 5.91 Å². The number of benzene rings is 1. The van der Waals surface area contributed by atoms with E-state index in [1.165, 1.54) is 13.3 Å². The molecule has 0 radical (unpaired) electrons. The number of ketones is 1. The second kappa shape index (κ2) is 4.95. The number of piperidine rings is 1. The van der Waals surface area contributed by atoms with Crippen LogP contribution in [-0.4, -0.2) is 42.3 Å². The summed E-state index contributed by atoms with van der Waals surface area (Å²) in [5.41, 5.74) is 1.24. The molecule has 1 N–H and O–H groups in total. The number of fused-ring (bicyclic) bond motifs is 3. The Morgan fingerprint density at radius 2 is 2.14 bits per heavy atom. The fraction of sp³-hybridized carbons (Fsp3) is 0.412. The van der Waals surface area contributed by atoms with Crippen molar-refractivity contribution >= 4 is 22.7 Å². The highest BCUT2D eigenvalue weighted by Crippen LogP contribution is 2.28. The van der Waals surface area contributed by atoms with Crippen molar-refractivity contribution in [3.8, 4) is 0 Å². The van der Waals surface area contributed by atoms with E-state index in [0.717, 1.165) is 25.0 Å². The van der Waals surface area contributed by atoms with E-state index in [9.17, 15) is 9.59 Å². The van der Waals surface area contributed by atoms with Crippen molar-refractivity contribution in [2.75, 3.05) is 19.6 Å². The molecule has 3 atom stereocenters. The van der Waals surface area contributed by atoms with Crippen molar-refractivity contribution in [2.24, 2.45) is 5.92 Å². The number of furan rings is 1. The van der Waals surface area contributed by atoms with Crippen molar-refractivity contribution < 1.29 is 14.0 Å². The highest BCUT2D eigenvalue weighted by molar-refractivity contribution is 6.00. The van der Waals surface area contributed by atoms with Gasteiger partial charge in [-0.15, -0.1) is 0 Å². The average Bonchev–Trinajstić information content (AvgIpc) is 3.20. The number of amides is 1. The van der Waals surface area contributed by atoms with Gasteiger partial charge in [-0.25, -0.2) is 0 Å². The second-order valence-corrected chi connectivity index (χ2v) is 6.31. The van der Waals surface area contributed by atoms with Crippen LogP contribution in [0.2, 0.25) is 0 Å². The molecule has 2 unspecified atom stereocenters. The first-order valence-electron chi connectivity index (χ1n) is 7.68. The van der Waals surface area contributed by atoms with Gasteiger partial charge < -0.3 is 14.6 Å². The lowest BCUT2D eigenvalue weighted by Crippen LogP contribution is -2.43. The SMILES string of the molecule is CC(=O)c1cc2cc(C(=O)NC3CN4CC[C@H]3C4)ccc2o1. The van der Waals surface area contributed by atoms with Gasteiger partial charge in [-0.05, 0) is 43.1 Å². The molecule has 22 heavy (non-hydrogen) atoms. The molecule has 0 spiro atoms. The summed E-state index contributed by atoms with van der Waals surface area (Å²) >= 11 is 0. The van der Waals surface area contributed by atoms with Crippen molar-refractivity contribution in [1.29, 1.82) is 0 Å². The van der Waals surface area contributed by atoms with Crippen LogP contribution in [0.4, 0.5) is 0 Å². The Hall–Kier alpha value is -2.14. The Bertz CT molecular complexity index is 764. The molecule has 2 bridgehead atoms. The first-order chi connectivity index (χ1) is 10.6. The standard InChI is InChI=1S/C17H18N2O3/c1-10(20)16-7-13-6-11(2-3-15(13)22-16)17(21)18-14-9-19-5-4-12(14)8-19/h2-3,6-7,12,14H,4-5,8-9H2,1H3,(H,18,21)/t12-,14?/m0/s1. The number of nitrogens with one attached hydrogen (secondary N) is 1. The van der Waals surface area contributed by atoms with E-state index in [4.69, 9.17) is 4.42 Å². The van der Waals surface area contributed by atoms with E-state index in [2.05, 4.69) is 10.2 Å². The Labute approximate surface area is 128 Å². The minimum atomic E-state index is -0.113. The van der Waals surface area contributed by atoms with Crippen LogP contribution in [0.25, 0.3) is 11.0 Å². The van der Waals surface area contributed by atoms with E-state index in [0.29, 0.717) is 22.8 Å². The predicted octanol–water partition coefficient (Wildman–Crippen LogP) is 2.07. The van der Waals surface area contributed by atoms with Crippen LogP contribution in [0.1, 0.15) is 34.3 Å². The lowest BCUT2D eigenvalue weighted by molar-refractivity contribution is 0.0923. The van der Waals surface area contributed by atoms with Gasteiger partial charge in [-0.2, -0.15) is 0 Å². The van der Waals surface area contributed by atoms with Crippen molar-refractivity contribution in [1.82, 2.24) is 10.2 Å². The molecule has 5 heteroatoms. The summed E-state index contributed by atoms with van der Waals surface area (Å²) in [6, 6.07) is 7.24. The number of carbonyl (C=O) groups excluding carboxylic acids is 2. The van der Waals surface area contributed by atoms with Crippen LogP contribution < -0.4 is 5.32 Å². The second-order valence-electron chi connectivity index (χ2n) is 6.31. The van der Waals surface area contributed by atoms with Crippen LogP contribution >= 0.6 is 0 Å². The molecule has 2 aromatic rings. The van der Waals surface area contributed by atoms with Crippen LogP contribution in [0, 0.1) is 5.92 Å². The molecule has 1 aromatic carbocycles. The highest BCUT2D eigenvalue weighted by atomic mass is 16.3. The third-order valence-electron chi connectivity index (χ3n) is 4.77. The van der Waals surface area contributed by atoms with Crippen LogP contribution in [-0.2, 0) is 0 Å². The molecule has 114 valence electrons. The normalized spacial score (nSPS) is 26.5. The fourth-order valence-electron chi connectivity index (χ4n) is 3.56. The summed E-state index contributed by atoms with van der Waals surface area (Å²) in [5, 5.41) is 3.93. The van der Waals surface area contributed by atoms with E-state index in [1.54, 1.807) is 24.3 Å². The Balaban J connectivity index is 1.55. The van der Waals surface area contributed by atoms with Gasteiger partial charge >= 0.3 is 0 Å². The van der Waals surface area contributed by atoms with Crippen LogP contribution in [0.3, 0.4) is 0 Å². The molecule has 2 saturated heterocycles. The highest BCUT2D eigenvalue weighted by Gasteiger charge is 2.38. The molecule has 0 saturated carbocycles. The summed E-state index contributed by atoms with van der Waals surface area (Å²) in [4.78, 5) is 26.2. The molecule has 1 amide bonds. The van der Waals surface area contributed by atoms with Crippen LogP contribution in [0.15, 0.2) is 28.7 Å². The molecule has 2 fully saturated rings. The van der Waals surface area contributed by atoms with Crippen molar-refractivity contribution in [3.05, 3.63) is 35.6 Å². The average molecular weight is 298 g/mol. The molecule has 1 aromatic heterocycles. The maximum atomic E-state index is 12.4. The predicted molar refractivity (Wildman–Crippen MR) is 82.0 cm³/mol. The van der Waals surface area contributed by atoms with E-state index in [1.807, 2.05) is 0 Å². The van der Waals surface area contributed by atoms with E-state index in [-0.39, 0.29) is 17.7 Å². The number of Topliss-reactive ketones (excluding diaryl/α,β-unsaturated/α-hetero) is 1. The zero-order chi connectivity index (χ0) is 15.3. The summed E-state index contributed by atoms with van der Waals surface area (Å²) in [6.45, 7) is 4.69. The molecule has 5 nitrogen and oxygen atoms in total. The Morgan fingerprint density at radius 1 is 1.27 bits per heavy atom. The maximum absolute atomic E-state index is 12.4. The molecule has 4 rings (SSSR count). The van der Waals surface area contributed by atoms with Gasteiger partial charge in [-0.3, -0.25) is 9.59 Å². The van der Waals surface area contributed by atoms with E-state index < -0.39 is 0 Å². The Kier molecular flexibility index (Phi) is 3.04. The third-order valence-corrected chi connectivity index (χ3v) is 4.77. The first-order valence-corrected chi connectivity index (χ1v) is 7.68. The zero-order valence-corrected chi connectivity index (χ0v) is 12.5. The molecule has 2 aliphatic heterocycles. The van der Waals surface area contributed by atoms with Gasteiger partial charge in [-0.1, -0.05) is 0 Å². The van der Waals surface area contributed by atoms with Crippen molar-refractivity contribution in [3.63, 3.8) is 0 Å². The van der Waals surface area contributed by atoms with Gasteiger partial charge in [0.2, 0.25) is 0 Å². The van der Waals surface area contributed by atoms with Gasteiger partial charge in [0, 0.05) is 37.0 Å². The number of hydrogen-bond donors (Lipinski definition) is 1. The summed E-state index contributed by atoms with van der Waals surface area (Å²) in [6.07, 6.45) is 1.17. The maximum Gasteiger partial charge on any atom is 0.251 e. The van der Waals surface area contributed by atoms with Crippen molar-refractivity contribution in [2.45, 2.75) is 19.4 Å². The first kappa shape index (κ1) is 13.5. The van der Waals surface area contributed by atoms with Crippen LogP contribution in [0.5, 0.6) is 0 Å². The molecular formula is C17H18N2O3. The lowest BCUT2D eigenvalue weighted by Gasteiger charge is -2.23. The molecule has 2 aliphatic rings. The molecule has 0 aliphatic carbocycles. The fourth-order valence-corrected chi connectivity index (χ4v) is 3.56. The monoisotopic (exact) mass is 298 g/mol. The van der Waals surface area contributed by atoms with Gasteiger partial charge in [0.05, 0.1) is 0 Å². The number of hydrogen-bond acceptors (Lipinski definition) is 4. The molecule has 3 heterocycles. The third kappa shape index (κ3) is 2.22.